The highest BCUT2D eigenvalue weighted by Crippen LogP contribution is 2.34. The molecule has 30 heavy (non-hydrogen) atoms. The summed E-state index contributed by atoms with van der Waals surface area (Å²) in [5, 5.41) is 3.93. The second-order valence-electron chi connectivity index (χ2n) is 7.03. The highest BCUT2D eigenvalue weighted by Gasteiger charge is 2.35. The zero-order valence-corrected chi connectivity index (χ0v) is 16.6. The standard InChI is InChI=1S/C18H16F3N7OS/c1-10-7-27-8-11(6-12(15(27)24-10)18(19,20)21)28-9-23-14-13(16(28)29)30-17(25-14)26-4-2-22-3-5-26/h6-9,22H,2-5H2,1H3. The molecule has 1 saturated heterocycles. The fraction of sp³-hybridized carbons (Fsp3) is 0.333. The number of pyridine rings is 1. The maximum absolute atomic E-state index is 13.6. The minimum atomic E-state index is -4.61. The van der Waals surface area contributed by atoms with Crippen molar-refractivity contribution in [3.8, 4) is 5.69 Å². The van der Waals surface area contributed by atoms with Crippen LogP contribution < -0.4 is 15.8 Å². The maximum Gasteiger partial charge on any atom is 0.420 e. The first-order chi connectivity index (χ1) is 14.3. The molecule has 1 aliphatic rings. The summed E-state index contributed by atoms with van der Waals surface area (Å²) >= 11 is 1.21. The van der Waals surface area contributed by atoms with Crippen LogP contribution in [0.4, 0.5) is 18.3 Å². The van der Waals surface area contributed by atoms with Crippen LogP contribution >= 0.6 is 11.3 Å². The number of imidazole rings is 1. The van der Waals surface area contributed by atoms with Crippen LogP contribution in [0.15, 0.2) is 29.6 Å². The maximum atomic E-state index is 13.6. The number of thiazole rings is 1. The van der Waals surface area contributed by atoms with E-state index in [-0.39, 0.29) is 11.3 Å². The van der Waals surface area contributed by atoms with Crippen molar-refractivity contribution in [3.63, 3.8) is 0 Å². The van der Waals surface area contributed by atoms with Gasteiger partial charge in [0.25, 0.3) is 5.56 Å². The number of rotatable bonds is 2. The third kappa shape index (κ3) is 3.12. The molecule has 0 atom stereocenters. The van der Waals surface area contributed by atoms with Crippen LogP contribution in [-0.2, 0) is 6.18 Å². The van der Waals surface area contributed by atoms with Gasteiger partial charge in [0.15, 0.2) is 10.8 Å². The zero-order chi connectivity index (χ0) is 21.0. The molecule has 1 fully saturated rings. The van der Waals surface area contributed by atoms with Crippen LogP contribution in [0.5, 0.6) is 0 Å². The number of alkyl halides is 3. The van der Waals surface area contributed by atoms with Gasteiger partial charge in [-0.1, -0.05) is 11.3 Å². The number of hydrogen-bond acceptors (Lipinski definition) is 7. The molecule has 0 aliphatic carbocycles. The van der Waals surface area contributed by atoms with Crippen molar-refractivity contribution in [2.24, 2.45) is 0 Å². The highest BCUT2D eigenvalue weighted by atomic mass is 32.1. The molecule has 5 rings (SSSR count). The Balaban J connectivity index is 1.66. The quantitative estimate of drug-likeness (QED) is 0.520. The van der Waals surface area contributed by atoms with Crippen molar-refractivity contribution in [2.45, 2.75) is 13.1 Å². The van der Waals surface area contributed by atoms with E-state index in [2.05, 4.69) is 25.2 Å². The first kappa shape index (κ1) is 19.0. The summed E-state index contributed by atoms with van der Waals surface area (Å²) in [7, 11) is 0. The third-order valence-electron chi connectivity index (χ3n) is 4.93. The number of nitrogens with zero attached hydrogens (tertiary/aromatic N) is 6. The summed E-state index contributed by atoms with van der Waals surface area (Å²) in [6.45, 7) is 4.77. The second-order valence-corrected chi connectivity index (χ2v) is 8.01. The number of aryl methyl sites for hydroxylation is 1. The van der Waals surface area contributed by atoms with Crippen LogP contribution in [0.1, 0.15) is 11.3 Å². The molecule has 4 aromatic heterocycles. The van der Waals surface area contributed by atoms with E-state index in [1.807, 2.05) is 0 Å². The Labute approximate surface area is 171 Å². The molecule has 0 bridgehead atoms. The molecule has 8 nitrogen and oxygen atoms in total. The van der Waals surface area contributed by atoms with Crippen LogP contribution in [0.25, 0.3) is 21.7 Å². The average Bonchev–Trinajstić information content (AvgIpc) is 3.30. The molecule has 5 heterocycles. The van der Waals surface area contributed by atoms with E-state index in [4.69, 9.17) is 0 Å². The lowest BCUT2D eigenvalue weighted by molar-refractivity contribution is -0.136. The van der Waals surface area contributed by atoms with Gasteiger partial charge in [-0.2, -0.15) is 18.2 Å². The Morgan fingerprint density at radius 2 is 1.93 bits per heavy atom. The van der Waals surface area contributed by atoms with E-state index in [0.29, 0.717) is 21.2 Å². The molecular weight excluding hydrogens is 419 g/mol. The number of piperazine rings is 1. The Bertz CT molecular complexity index is 1320. The topological polar surface area (TPSA) is 80.4 Å². The van der Waals surface area contributed by atoms with Gasteiger partial charge >= 0.3 is 6.18 Å². The van der Waals surface area contributed by atoms with Gasteiger partial charge in [-0.05, 0) is 13.0 Å². The second kappa shape index (κ2) is 6.77. The van der Waals surface area contributed by atoms with E-state index in [9.17, 15) is 18.0 Å². The van der Waals surface area contributed by atoms with Crippen LogP contribution in [0.3, 0.4) is 0 Å². The van der Waals surface area contributed by atoms with E-state index in [1.165, 1.54) is 34.5 Å². The minimum Gasteiger partial charge on any atom is -0.345 e. The predicted octanol–water partition coefficient (Wildman–Crippen LogP) is 2.23. The highest BCUT2D eigenvalue weighted by molar-refractivity contribution is 7.22. The molecule has 0 aromatic carbocycles. The van der Waals surface area contributed by atoms with Gasteiger partial charge < -0.3 is 14.6 Å². The van der Waals surface area contributed by atoms with Gasteiger partial charge in [0.1, 0.15) is 22.2 Å². The van der Waals surface area contributed by atoms with E-state index in [1.54, 1.807) is 6.92 Å². The smallest absolute Gasteiger partial charge is 0.345 e. The van der Waals surface area contributed by atoms with E-state index in [0.717, 1.165) is 36.8 Å². The molecule has 0 amide bonds. The van der Waals surface area contributed by atoms with Crippen LogP contribution in [0.2, 0.25) is 0 Å². The molecule has 4 aromatic rings. The number of nitrogens with one attached hydrogen (secondary N) is 1. The summed E-state index contributed by atoms with van der Waals surface area (Å²) in [5.74, 6) is 0. The summed E-state index contributed by atoms with van der Waals surface area (Å²) in [5.41, 5.74) is -0.769. The van der Waals surface area contributed by atoms with Gasteiger partial charge in [0.05, 0.1) is 11.4 Å². The Kier molecular flexibility index (Phi) is 4.29. The zero-order valence-electron chi connectivity index (χ0n) is 15.8. The first-order valence-corrected chi connectivity index (χ1v) is 10.0. The molecule has 1 N–H and O–H groups in total. The third-order valence-corrected chi connectivity index (χ3v) is 6.03. The van der Waals surface area contributed by atoms with Crippen molar-refractivity contribution < 1.29 is 13.2 Å². The molecule has 1 aliphatic heterocycles. The van der Waals surface area contributed by atoms with Crippen LogP contribution in [-0.4, -0.2) is 50.1 Å². The van der Waals surface area contributed by atoms with E-state index < -0.39 is 17.3 Å². The molecule has 0 spiro atoms. The Hall–Kier alpha value is -2.99. The lowest BCUT2D eigenvalue weighted by Gasteiger charge is -2.26. The number of fused-ring (bicyclic) bond motifs is 2. The van der Waals surface area contributed by atoms with Crippen molar-refractivity contribution in [2.75, 3.05) is 31.1 Å². The van der Waals surface area contributed by atoms with Crippen molar-refractivity contribution >= 4 is 32.5 Å². The summed E-state index contributed by atoms with van der Waals surface area (Å²) in [6.07, 6.45) is -0.467. The molecule has 156 valence electrons. The molecule has 0 unspecified atom stereocenters. The number of halogens is 3. The lowest BCUT2D eigenvalue weighted by atomic mass is 10.2. The number of anilines is 1. The molecule has 12 heteroatoms. The average molecular weight is 435 g/mol. The predicted molar refractivity (Wildman–Crippen MR) is 107 cm³/mol. The number of hydrogen-bond donors (Lipinski definition) is 1. The summed E-state index contributed by atoms with van der Waals surface area (Å²) < 4.78 is 43.5. The normalized spacial score (nSPS) is 15.4. The van der Waals surface area contributed by atoms with Gasteiger partial charge in [0.2, 0.25) is 0 Å². The van der Waals surface area contributed by atoms with Gasteiger partial charge in [-0.25, -0.2) is 9.97 Å². The molecular formula is C18H16F3N7OS. The first-order valence-electron chi connectivity index (χ1n) is 9.22. The largest absolute Gasteiger partial charge is 0.420 e. The minimum absolute atomic E-state index is 0.0590. The van der Waals surface area contributed by atoms with Gasteiger partial charge in [-0.3, -0.25) is 9.36 Å². The van der Waals surface area contributed by atoms with Gasteiger partial charge in [-0.15, -0.1) is 0 Å². The van der Waals surface area contributed by atoms with Gasteiger partial charge in [0, 0.05) is 38.6 Å². The molecule has 0 radical (unpaired) electrons. The summed E-state index contributed by atoms with van der Waals surface area (Å²) in [6, 6.07) is 0.926. The fourth-order valence-electron chi connectivity index (χ4n) is 3.52. The number of aromatic nitrogens is 5. The van der Waals surface area contributed by atoms with Crippen molar-refractivity contribution in [3.05, 3.63) is 46.4 Å². The monoisotopic (exact) mass is 435 g/mol. The Morgan fingerprint density at radius 3 is 2.67 bits per heavy atom. The molecule has 0 saturated carbocycles. The van der Waals surface area contributed by atoms with Crippen LogP contribution in [0, 0.1) is 6.92 Å². The lowest BCUT2D eigenvalue weighted by Crippen LogP contribution is -2.43. The van der Waals surface area contributed by atoms with Crippen molar-refractivity contribution in [1.29, 1.82) is 0 Å². The summed E-state index contributed by atoms with van der Waals surface area (Å²) in [4.78, 5) is 27.8. The SMILES string of the molecule is Cc1cn2cc(-n3cnc4nc(N5CCNCC5)sc4c3=O)cc(C(F)(F)F)c2n1. The van der Waals surface area contributed by atoms with Crippen molar-refractivity contribution in [1.82, 2.24) is 29.2 Å². The van der Waals surface area contributed by atoms with E-state index >= 15 is 0 Å². The fourth-order valence-corrected chi connectivity index (χ4v) is 4.53. The Morgan fingerprint density at radius 1 is 1.17 bits per heavy atom.